The van der Waals surface area contributed by atoms with Crippen LogP contribution in [-0.2, 0) is 4.74 Å². The molecule has 3 unspecified atom stereocenters. The quantitative estimate of drug-likeness (QED) is 0.876. The van der Waals surface area contributed by atoms with Gasteiger partial charge in [-0.2, -0.15) is 0 Å². The molecule has 1 amide bonds. The summed E-state index contributed by atoms with van der Waals surface area (Å²) in [5.41, 5.74) is 1.99. The molecule has 1 aromatic rings. The first-order valence-electron chi connectivity index (χ1n) is 8.45. The third kappa shape index (κ3) is 3.21. The first kappa shape index (κ1) is 16.3. The molecule has 0 bridgehead atoms. The number of benzene rings is 1. The molecule has 1 aliphatic heterocycles. The molecule has 2 fully saturated rings. The zero-order chi connectivity index (χ0) is 16.4. The van der Waals surface area contributed by atoms with Gasteiger partial charge in [0.05, 0.1) is 6.54 Å². The maximum Gasteiger partial charge on any atom is 0.414 e. The zero-order valence-corrected chi connectivity index (χ0v) is 13.9. The number of carbonyl (C=O) groups excluding carboxylic acids is 1. The van der Waals surface area contributed by atoms with E-state index in [0.717, 1.165) is 30.5 Å². The van der Waals surface area contributed by atoms with Gasteiger partial charge in [-0.1, -0.05) is 25.5 Å². The Kier molecular flexibility index (Phi) is 4.60. The van der Waals surface area contributed by atoms with Crippen LogP contribution in [0.1, 0.15) is 44.7 Å². The molecule has 1 aromatic carbocycles. The normalized spacial score (nSPS) is 28.9. The fourth-order valence-electron chi connectivity index (χ4n) is 3.69. The van der Waals surface area contributed by atoms with Crippen LogP contribution >= 0.6 is 0 Å². The molecule has 2 aliphatic rings. The molecule has 23 heavy (non-hydrogen) atoms. The van der Waals surface area contributed by atoms with E-state index < -0.39 is 0 Å². The standard InChI is InChI=1S/C18H26N2O3/c1-13(19-16-7-4-8-18(16,2)12-21)14-5-3-6-15(11-14)20-9-10-23-17(20)22/h3,5-6,11,13,16,19,21H,4,7-10,12H2,1-2H3. The molecule has 3 atom stereocenters. The summed E-state index contributed by atoms with van der Waals surface area (Å²) in [7, 11) is 0. The van der Waals surface area contributed by atoms with Crippen LogP contribution in [0, 0.1) is 5.41 Å². The second-order valence-corrected chi connectivity index (χ2v) is 7.01. The predicted molar refractivity (Wildman–Crippen MR) is 89.5 cm³/mol. The Morgan fingerprint density at radius 1 is 1.52 bits per heavy atom. The molecule has 5 heteroatoms. The summed E-state index contributed by atoms with van der Waals surface area (Å²) in [6.07, 6.45) is 3.04. The van der Waals surface area contributed by atoms with E-state index in [0.29, 0.717) is 19.2 Å². The van der Waals surface area contributed by atoms with E-state index >= 15 is 0 Å². The SMILES string of the molecule is CC(NC1CCCC1(C)CO)c1cccc(N2CCOC2=O)c1. The van der Waals surface area contributed by atoms with Crippen LogP contribution in [0.4, 0.5) is 10.5 Å². The van der Waals surface area contributed by atoms with Crippen molar-refractivity contribution >= 4 is 11.8 Å². The van der Waals surface area contributed by atoms with Crippen molar-refractivity contribution in [3.8, 4) is 0 Å². The van der Waals surface area contributed by atoms with Gasteiger partial charge in [-0.05, 0) is 37.5 Å². The monoisotopic (exact) mass is 318 g/mol. The number of anilines is 1. The van der Waals surface area contributed by atoms with Gasteiger partial charge in [0.1, 0.15) is 6.61 Å². The number of ether oxygens (including phenoxy) is 1. The number of amides is 1. The first-order chi connectivity index (χ1) is 11.0. The highest BCUT2D eigenvalue weighted by atomic mass is 16.6. The number of aliphatic hydroxyl groups is 1. The fourth-order valence-corrected chi connectivity index (χ4v) is 3.69. The molecular weight excluding hydrogens is 292 g/mol. The van der Waals surface area contributed by atoms with Crippen molar-refractivity contribution in [2.75, 3.05) is 24.7 Å². The molecule has 126 valence electrons. The second kappa shape index (κ2) is 6.49. The number of hydrogen-bond acceptors (Lipinski definition) is 4. The van der Waals surface area contributed by atoms with Gasteiger partial charge in [0.25, 0.3) is 0 Å². The molecule has 1 aliphatic carbocycles. The van der Waals surface area contributed by atoms with Gasteiger partial charge in [0.15, 0.2) is 0 Å². The number of carbonyl (C=O) groups is 1. The summed E-state index contributed by atoms with van der Waals surface area (Å²) in [5.74, 6) is 0. The van der Waals surface area contributed by atoms with Crippen LogP contribution in [0.15, 0.2) is 24.3 Å². The van der Waals surface area contributed by atoms with E-state index in [1.54, 1.807) is 4.90 Å². The summed E-state index contributed by atoms with van der Waals surface area (Å²) >= 11 is 0. The Morgan fingerprint density at radius 3 is 3.04 bits per heavy atom. The Labute approximate surface area is 137 Å². The number of rotatable bonds is 5. The number of nitrogens with one attached hydrogen (secondary N) is 1. The van der Waals surface area contributed by atoms with Crippen LogP contribution in [0.5, 0.6) is 0 Å². The van der Waals surface area contributed by atoms with E-state index in [9.17, 15) is 9.90 Å². The lowest BCUT2D eigenvalue weighted by atomic mass is 9.85. The minimum atomic E-state index is -0.272. The van der Waals surface area contributed by atoms with Gasteiger partial charge in [-0.15, -0.1) is 0 Å². The number of aliphatic hydroxyl groups excluding tert-OH is 1. The van der Waals surface area contributed by atoms with Gasteiger partial charge in [0, 0.05) is 29.8 Å². The van der Waals surface area contributed by atoms with E-state index in [4.69, 9.17) is 4.74 Å². The van der Waals surface area contributed by atoms with Crippen molar-refractivity contribution in [1.82, 2.24) is 5.32 Å². The molecule has 1 heterocycles. The Morgan fingerprint density at radius 2 is 2.35 bits per heavy atom. The van der Waals surface area contributed by atoms with Gasteiger partial charge in [-0.3, -0.25) is 4.90 Å². The Bertz CT molecular complexity index is 577. The summed E-state index contributed by atoms with van der Waals surface area (Å²) in [6.45, 7) is 5.57. The molecule has 0 radical (unpaired) electrons. The van der Waals surface area contributed by atoms with Gasteiger partial charge in [0.2, 0.25) is 0 Å². The summed E-state index contributed by atoms with van der Waals surface area (Å²) < 4.78 is 5.01. The van der Waals surface area contributed by atoms with E-state index in [1.807, 2.05) is 12.1 Å². The van der Waals surface area contributed by atoms with Crippen molar-refractivity contribution in [3.05, 3.63) is 29.8 Å². The van der Waals surface area contributed by atoms with Crippen LogP contribution in [-0.4, -0.2) is 37.0 Å². The molecule has 3 rings (SSSR count). The van der Waals surface area contributed by atoms with E-state index in [1.165, 1.54) is 0 Å². The summed E-state index contributed by atoms with van der Waals surface area (Å²) in [5, 5.41) is 13.4. The van der Waals surface area contributed by atoms with Crippen LogP contribution in [0.2, 0.25) is 0 Å². The highest BCUT2D eigenvalue weighted by Gasteiger charge is 2.38. The van der Waals surface area contributed by atoms with Gasteiger partial charge < -0.3 is 15.2 Å². The lowest BCUT2D eigenvalue weighted by Crippen LogP contribution is -2.42. The lowest BCUT2D eigenvalue weighted by Gasteiger charge is -2.33. The molecule has 1 saturated carbocycles. The molecule has 5 nitrogen and oxygen atoms in total. The maximum absolute atomic E-state index is 11.7. The highest BCUT2D eigenvalue weighted by molar-refractivity contribution is 5.89. The zero-order valence-electron chi connectivity index (χ0n) is 13.9. The number of cyclic esters (lactones) is 1. The smallest absolute Gasteiger partial charge is 0.414 e. The molecular formula is C18H26N2O3. The minimum Gasteiger partial charge on any atom is -0.447 e. The largest absolute Gasteiger partial charge is 0.447 e. The third-order valence-corrected chi connectivity index (χ3v) is 5.34. The summed E-state index contributed by atoms with van der Waals surface area (Å²) in [4.78, 5) is 13.4. The van der Waals surface area contributed by atoms with Crippen LogP contribution in [0.25, 0.3) is 0 Å². The van der Waals surface area contributed by atoms with Crippen molar-refractivity contribution in [1.29, 1.82) is 0 Å². The number of nitrogens with zero attached hydrogens (tertiary/aromatic N) is 1. The second-order valence-electron chi connectivity index (χ2n) is 7.01. The average Bonchev–Trinajstić information content (AvgIpc) is 3.14. The number of hydrogen-bond donors (Lipinski definition) is 2. The van der Waals surface area contributed by atoms with Crippen molar-refractivity contribution in [2.45, 2.75) is 45.2 Å². The average molecular weight is 318 g/mol. The molecule has 1 saturated heterocycles. The maximum atomic E-state index is 11.7. The van der Waals surface area contributed by atoms with Crippen LogP contribution < -0.4 is 10.2 Å². The Balaban J connectivity index is 1.72. The van der Waals surface area contributed by atoms with Gasteiger partial charge in [-0.25, -0.2) is 4.79 Å². The molecule has 0 aromatic heterocycles. The van der Waals surface area contributed by atoms with E-state index in [2.05, 4.69) is 31.3 Å². The van der Waals surface area contributed by atoms with Crippen molar-refractivity contribution in [2.24, 2.45) is 5.41 Å². The highest BCUT2D eigenvalue weighted by Crippen LogP contribution is 2.38. The molecule has 0 spiro atoms. The van der Waals surface area contributed by atoms with Crippen molar-refractivity contribution in [3.63, 3.8) is 0 Å². The summed E-state index contributed by atoms with van der Waals surface area (Å²) in [6, 6.07) is 8.54. The first-order valence-corrected chi connectivity index (χ1v) is 8.45. The van der Waals surface area contributed by atoms with Crippen LogP contribution in [0.3, 0.4) is 0 Å². The Hall–Kier alpha value is -1.59. The third-order valence-electron chi connectivity index (χ3n) is 5.34. The topological polar surface area (TPSA) is 61.8 Å². The van der Waals surface area contributed by atoms with Crippen molar-refractivity contribution < 1.29 is 14.6 Å². The van der Waals surface area contributed by atoms with E-state index in [-0.39, 0.29) is 24.2 Å². The lowest BCUT2D eigenvalue weighted by molar-refractivity contribution is 0.114. The molecule has 2 N–H and O–H groups in total. The predicted octanol–water partition coefficient (Wildman–Crippen LogP) is 2.84. The fraction of sp³-hybridized carbons (Fsp3) is 0.611. The van der Waals surface area contributed by atoms with Gasteiger partial charge >= 0.3 is 6.09 Å². The minimum absolute atomic E-state index is 0.0371.